The Kier molecular flexibility index (Phi) is 76.0. The lowest BCUT2D eigenvalue weighted by atomic mass is 10.0. The Morgan fingerprint density at radius 2 is 0.505 bits per heavy atom. The first-order chi connectivity index (χ1) is 51.2. The second kappa shape index (κ2) is 79.2. The topological polar surface area (TPSA) is 231 Å². The highest BCUT2D eigenvalue weighted by molar-refractivity contribution is 7.47. The van der Waals surface area contributed by atoms with Crippen LogP contribution in [0.2, 0.25) is 0 Å². The maximum absolute atomic E-state index is 13.0. The molecule has 0 aromatic rings. The van der Waals surface area contributed by atoms with Crippen molar-refractivity contribution >= 4 is 33.6 Å². The first-order valence-corrected chi connectivity index (χ1v) is 44.5. The van der Waals surface area contributed by atoms with Gasteiger partial charge in [0.15, 0.2) is 6.10 Å². The van der Waals surface area contributed by atoms with E-state index in [1.807, 2.05) is 0 Å². The molecule has 0 aliphatic heterocycles. The molecule has 0 saturated heterocycles. The van der Waals surface area contributed by atoms with Gasteiger partial charge in [-0.1, -0.05) is 321 Å². The number of allylic oxidation sites excluding steroid dienone is 22. The van der Waals surface area contributed by atoms with Crippen LogP contribution in [-0.4, -0.2) is 95.9 Å². The number of ether oxygens (including phenoxy) is 3. The fourth-order valence-electron chi connectivity index (χ4n) is 11.1. The average Bonchev–Trinajstić information content (AvgIpc) is 0.940. The molecule has 0 radical (unpaired) electrons. The van der Waals surface area contributed by atoms with Crippen molar-refractivity contribution in [3.8, 4) is 0 Å². The monoisotopic (exact) mass is 1510 g/mol. The van der Waals surface area contributed by atoms with Crippen LogP contribution in [0.25, 0.3) is 0 Å². The molecule has 0 rings (SSSR count). The molecule has 0 saturated carbocycles. The molecule has 0 fully saturated rings. The first-order valence-electron chi connectivity index (χ1n) is 41.5. The molecule has 0 amide bonds. The number of rotatable bonds is 78. The fourth-order valence-corrected chi connectivity index (χ4v) is 12.7. The summed E-state index contributed by atoms with van der Waals surface area (Å²) in [7, 11) is -9.80. The summed E-state index contributed by atoms with van der Waals surface area (Å²) < 4.78 is 61.2. The van der Waals surface area contributed by atoms with Gasteiger partial charge in [-0.25, -0.2) is 9.13 Å². The van der Waals surface area contributed by atoms with Crippen LogP contribution < -0.4 is 0 Å². The van der Waals surface area contributed by atoms with Crippen molar-refractivity contribution in [2.24, 2.45) is 0 Å². The smallest absolute Gasteiger partial charge is 0.463 e. The summed E-state index contributed by atoms with van der Waals surface area (Å²) in [5.74, 6) is -1.60. The van der Waals surface area contributed by atoms with Gasteiger partial charge < -0.3 is 34.2 Å². The van der Waals surface area contributed by atoms with Gasteiger partial charge in [0.2, 0.25) is 0 Å². The third-order valence-electron chi connectivity index (χ3n) is 17.3. The van der Waals surface area contributed by atoms with Gasteiger partial charge in [0.1, 0.15) is 25.4 Å². The zero-order valence-electron chi connectivity index (χ0n) is 66.1. The van der Waals surface area contributed by atoms with Gasteiger partial charge in [-0.2, -0.15) is 0 Å². The number of hydrogen-bond acceptors (Lipinski definition) is 14. The van der Waals surface area contributed by atoms with E-state index in [-0.39, 0.29) is 19.3 Å². The highest BCUT2D eigenvalue weighted by atomic mass is 31.2. The summed E-state index contributed by atoms with van der Waals surface area (Å²) in [6, 6.07) is 0. The lowest BCUT2D eigenvalue weighted by Crippen LogP contribution is -2.30. The minimum Gasteiger partial charge on any atom is -0.463 e. The Hall–Kier alpha value is -4.31. The molecule has 0 heterocycles. The zero-order chi connectivity index (χ0) is 76.6. The van der Waals surface area contributed by atoms with Crippen LogP contribution in [0.1, 0.15) is 342 Å². The van der Waals surface area contributed by atoms with E-state index < -0.39 is 91.5 Å². The zero-order valence-corrected chi connectivity index (χ0v) is 67.9. The predicted molar refractivity (Wildman–Crippen MR) is 436 cm³/mol. The Balaban J connectivity index is 4.46. The van der Waals surface area contributed by atoms with Crippen molar-refractivity contribution in [1.82, 2.24) is 0 Å². The second-order valence-electron chi connectivity index (χ2n) is 27.5. The number of phosphoric ester groups is 2. The third-order valence-corrected chi connectivity index (χ3v) is 19.2. The molecular weight excluding hydrogens is 1360 g/mol. The Morgan fingerprint density at radius 1 is 0.276 bits per heavy atom. The van der Waals surface area contributed by atoms with Crippen LogP contribution in [0.3, 0.4) is 0 Å². The summed E-state index contributed by atoms with van der Waals surface area (Å²) in [6.45, 7) is 2.44. The normalized spacial score (nSPS) is 14.6. The van der Waals surface area contributed by atoms with Gasteiger partial charge in [0.25, 0.3) is 0 Å². The van der Waals surface area contributed by atoms with Gasteiger partial charge in [0.05, 0.1) is 26.4 Å². The Labute approximate surface area is 639 Å². The molecule has 105 heavy (non-hydrogen) atoms. The van der Waals surface area contributed by atoms with E-state index in [0.29, 0.717) is 19.3 Å². The standard InChI is InChI=1S/C87H150O16P2/c1-4-7-10-13-16-19-22-25-28-30-32-34-35-36-37-38-39-40-41-42-43-44-45-47-49-50-53-55-58-61-64-67-70-73-85(90)97-76-82(88)77-99-104(93,94)100-78-83(89)79-101-105(95,96)102-81-84(103-87(92)75-72-69-66-63-60-57-52-27-24-21-18-15-12-9-6-3)80-98-86(91)74-71-68-65-62-59-56-54-51-48-46-33-31-29-26-23-20-17-14-11-8-5-2/h7-8,10-11,16-17,19-20,25-29,32-34,36-37,46,51-52,54,82-84,88-89H,4-6,9,12-15,18,21-24,30-31,35,38-45,47-50,53,55-81H2,1-3H3,(H,93,94)(H,95,96)/b10-7-,11-8-,19-16-,20-17-,28-25-,29-26-,34-32-,37-36-,46-33-,52-27-,54-51-. The molecule has 0 bridgehead atoms. The van der Waals surface area contributed by atoms with Crippen molar-refractivity contribution in [3.63, 3.8) is 0 Å². The molecule has 5 unspecified atom stereocenters. The molecular formula is C87H150O16P2. The van der Waals surface area contributed by atoms with Gasteiger partial charge >= 0.3 is 33.6 Å². The van der Waals surface area contributed by atoms with E-state index >= 15 is 0 Å². The van der Waals surface area contributed by atoms with Crippen molar-refractivity contribution < 1.29 is 75.8 Å². The van der Waals surface area contributed by atoms with E-state index in [0.717, 1.165) is 154 Å². The molecule has 0 aromatic carbocycles. The number of aliphatic hydroxyl groups excluding tert-OH is 2. The van der Waals surface area contributed by atoms with Crippen LogP contribution >= 0.6 is 15.6 Å². The molecule has 0 spiro atoms. The second-order valence-corrected chi connectivity index (χ2v) is 30.4. The van der Waals surface area contributed by atoms with Crippen molar-refractivity contribution in [2.45, 2.75) is 360 Å². The van der Waals surface area contributed by atoms with E-state index in [1.54, 1.807) is 0 Å². The van der Waals surface area contributed by atoms with Crippen LogP contribution in [0.15, 0.2) is 134 Å². The molecule has 4 N–H and O–H groups in total. The minimum absolute atomic E-state index is 0.0886. The van der Waals surface area contributed by atoms with Crippen LogP contribution in [0.5, 0.6) is 0 Å². The number of carbonyl (C=O) groups excluding carboxylic acids is 3. The molecule has 604 valence electrons. The number of esters is 3. The summed E-state index contributed by atoms with van der Waals surface area (Å²) in [6.07, 6.45) is 96.5. The van der Waals surface area contributed by atoms with E-state index in [2.05, 4.69) is 154 Å². The quantitative estimate of drug-likeness (QED) is 0.0146. The van der Waals surface area contributed by atoms with Crippen molar-refractivity contribution in [2.75, 3.05) is 39.6 Å². The Morgan fingerprint density at radius 3 is 0.810 bits per heavy atom. The lowest BCUT2D eigenvalue weighted by molar-refractivity contribution is -0.161. The Bertz CT molecular complexity index is 2440. The van der Waals surface area contributed by atoms with Gasteiger partial charge in [-0.15, -0.1) is 0 Å². The van der Waals surface area contributed by atoms with Crippen LogP contribution in [0, 0.1) is 0 Å². The third kappa shape index (κ3) is 80.5. The summed E-state index contributed by atoms with van der Waals surface area (Å²) >= 11 is 0. The van der Waals surface area contributed by atoms with E-state index in [9.17, 15) is 43.5 Å². The molecule has 0 aliphatic rings. The summed E-state index contributed by atoms with van der Waals surface area (Å²) in [4.78, 5) is 58.7. The number of carbonyl (C=O) groups is 3. The van der Waals surface area contributed by atoms with Gasteiger partial charge in [-0.05, 0) is 135 Å². The number of aliphatic hydroxyl groups is 2. The minimum atomic E-state index is -4.94. The van der Waals surface area contributed by atoms with Crippen LogP contribution in [-0.2, 0) is 55.8 Å². The summed E-state index contributed by atoms with van der Waals surface area (Å²) in [5, 5.41) is 20.7. The maximum atomic E-state index is 13.0. The molecule has 18 heteroatoms. The van der Waals surface area contributed by atoms with E-state index in [1.165, 1.54) is 128 Å². The van der Waals surface area contributed by atoms with E-state index in [4.69, 9.17) is 32.3 Å². The highest BCUT2D eigenvalue weighted by Crippen LogP contribution is 2.45. The molecule has 0 aliphatic carbocycles. The van der Waals surface area contributed by atoms with Crippen molar-refractivity contribution in [3.05, 3.63) is 134 Å². The largest absolute Gasteiger partial charge is 0.472 e. The SMILES string of the molecule is CC/C=C\C/C=C\C/C=C\C/C=C\C/C=C\CCCCCCCCCCCCCCCCCCCC(=O)OCC(O)COP(=O)(O)OCC(O)COP(=O)(O)OCC(COC(=O)CCCCCCC/C=C\C/C=C\C/C=C\C/C=C\C/C=C\CC)OC(=O)CCCCCCC/C=C\CCCCCCCC. The first kappa shape index (κ1) is 101. The van der Waals surface area contributed by atoms with Crippen LogP contribution in [0.4, 0.5) is 0 Å². The number of hydrogen-bond donors (Lipinski definition) is 4. The predicted octanol–water partition coefficient (Wildman–Crippen LogP) is 24.7. The molecule has 5 atom stereocenters. The lowest BCUT2D eigenvalue weighted by Gasteiger charge is -2.21. The summed E-state index contributed by atoms with van der Waals surface area (Å²) in [5.41, 5.74) is 0. The number of phosphoric acid groups is 2. The average molecular weight is 1510 g/mol. The molecule has 0 aromatic heterocycles. The van der Waals surface area contributed by atoms with Gasteiger partial charge in [-0.3, -0.25) is 32.5 Å². The fraction of sp³-hybridized carbons (Fsp3) is 0.713. The highest BCUT2D eigenvalue weighted by Gasteiger charge is 2.29. The molecule has 16 nitrogen and oxygen atoms in total. The van der Waals surface area contributed by atoms with Gasteiger partial charge in [0, 0.05) is 19.3 Å². The number of unbranched alkanes of at least 4 members (excludes halogenated alkanes) is 33. The van der Waals surface area contributed by atoms with Crippen molar-refractivity contribution in [1.29, 1.82) is 0 Å². The maximum Gasteiger partial charge on any atom is 0.472 e.